The van der Waals surface area contributed by atoms with Crippen molar-refractivity contribution in [1.82, 2.24) is 4.98 Å². The van der Waals surface area contributed by atoms with Gasteiger partial charge in [0.1, 0.15) is 0 Å². The molecule has 1 aromatic heterocycles. The Labute approximate surface area is 93.3 Å². The summed E-state index contributed by atoms with van der Waals surface area (Å²) in [6.45, 7) is 3.86. The lowest BCUT2D eigenvalue weighted by Crippen LogP contribution is -1.98. The molecule has 1 N–H and O–H groups in total. The molecule has 0 atom stereocenters. The number of aryl methyl sites for hydroxylation is 3. The highest BCUT2D eigenvalue weighted by Gasteiger charge is 2.05. The van der Waals surface area contributed by atoms with E-state index in [1.165, 1.54) is 0 Å². The van der Waals surface area contributed by atoms with Gasteiger partial charge in [-0.25, -0.2) is 0 Å². The van der Waals surface area contributed by atoms with Crippen LogP contribution in [0.3, 0.4) is 0 Å². The fourth-order valence-electron chi connectivity index (χ4n) is 1.30. The van der Waals surface area contributed by atoms with E-state index in [1.54, 1.807) is 0 Å². The zero-order valence-electron chi connectivity index (χ0n) is 8.60. The molecular weight excluding hydrogens is 234 g/mol. The van der Waals surface area contributed by atoms with E-state index in [1.807, 2.05) is 26.0 Å². The van der Waals surface area contributed by atoms with Crippen LogP contribution in [-0.4, -0.2) is 23.7 Å². The molecule has 0 aromatic carbocycles. The second-order valence-electron chi connectivity index (χ2n) is 3.28. The third-order valence-electron chi connectivity index (χ3n) is 1.74. The molecule has 0 amide bonds. The third kappa shape index (κ3) is 5.15. The minimum absolute atomic E-state index is 0.314. The zero-order valence-corrected chi connectivity index (χ0v) is 10.2. The summed E-state index contributed by atoms with van der Waals surface area (Å²) in [7, 11) is -3.40. The maximum absolute atomic E-state index is 10.5. The minimum atomic E-state index is -3.93. The van der Waals surface area contributed by atoms with Gasteiger partial charge in [0.25, 0.3) is 0 Å². The Balaban J connectivity index is 2.58. The summed E-state index contributed by atoms with van der Waals surface area (Å²) in [6.07, 6.45) is 0.535. The lowest BCUT2D eigenvalue weighted by Gasteiger charge is -2.02. The standard InChI is InChI=1S/C9H13NO3S2/c1-7-5-8(2)10-9(6-7)3-4-14-15(11,12)13/h5-6H,3-4H2,1-2H3,(H,11,12,13). The van der Waals surface area contributed by atoms with E-state index in [-0.39, 0.29) is 0 Å². The Bertz CT molecular complexity index is 422. The van der Waals surface area contributed by atoms with Crippen molar-refractivity contribution in [2.75, 3.05) is 5.75 Å². The number of rotatable bonds is 4. The fraction of sp³-hybridized carbons (Fsp3) is 0.444. The highest BCUT2D eigenvalue weighted by Crippen LogP contribution is 2.12. The van der Waals surface area contributed by atoms with Gasteiger partial charge in [-0.05, 0) is 48.8 Å². The number of hydrogen-bond acceptors (Lipinski definition) is 4. The predicted molar refractivity (Wildman–Crippen MR) is 61.4 cm³/mol. The van der Waals surface area contributed by atoms with Gasteiger partial charge >= 0.3 is 9.15 Å². The van der Waals surface area contributed by atoms with E-state index in [2.05, 4.69) is 4.98 Å². The van der Waals surface area contributed by atoms with E-state index in [0.717, 1.165) is 17.0 Å². The molecule has 0 radical (unpaired) electrons. The van der Waals surface area contributed by atoms with E-state index >= 15 is 0 Å². The van der Waals surface area contributed by atoms with Gasteiger partial charge in [-0.3, -0.25) is 9.54 Å². The monoisotopic (exact) mass is 247 g/mol. The first-order valence-corrected chi connectivity index (χ1v) is 7.37. The smallest absolute Gasteiger partial charge is 0.277 e. The van der Waals surface area contributed by atoms with Crippen molar-refractivity contribution in [3.05, 3.63) is 29.1 Å². The summed E-state index contributed by atoms with van der Waals surface area (Å²) in [5, 5.41) is 0. The second-order valence-corrected chi connectivity index (χ2v) is 6.75. The summed E-state index contributed by atoms with van der Waals surface area (Å²) in [6, 6.07) is 3.87. The molecule has 1 heterocycles. The highest BCUT2D eigenvalue weighted by atomic mass is 33.1. The molecule has 0 saturated carbocycles. The van der Waals surface area contributed by atoms with Gasteiger partial charge < -0.3 is 0 Å². The molecule has 4 nitrogen and oxygen atoms in total. The molecule has 6 heteroatoms. The summed E-state index contributed by atoms with van der Waals surface area (Å²) >= 11 is 0. The van der Waals surface area contributed by atoms with E-state index in [9.17, 15) is 8.42 Å². The van der Waals surface area contributed by atoms with Crippen molar-refractivity contribution in [2.24, 2.45) is 0 Å². The van der Waals surface area contributed by atoms with Crippen LogP contribution in [0.2, 0.25) is 0 Å². The number of aromatic nitrogens is 1. The van der Waals surface area contributed by atoms with Crippen molar-refractivity contribution in [3.8, 4) is 0 Å². The van der Waals surface area contributed by atoms with Crippen LogP contribution in [-0.2, 0) is 15.6 Å². The zero-order chi connectivity index (χ0) is 11.5. The van der Waals surface area contributed by atoms with Crippen LogP contribution in [0.15, 0.2) is 12.1 Å². The van der Waals surface area contributed by atoms with Gasteiger partial charge in [-0.2, -0.15) is 8.42 Å². The second kappa shape index (κ2) is 4.96. The van der Waals surface area contributed by atoms with Gasteiger partial charge in [0.05, 0.1) is 0 Å². The van der Waals surface area contributed by atoms with Crippen LogP contribution in [0.5, 0.6) is 0 Å². The largest absolute Gasteiger partial charge is 0.319 e. The molecule has 0 spiro atoms. The average Bonchev–Trinajstić information content (AvgIpc) is 1.99. The molecular formula is C9H13NO3S2. The quantitative estimate of drug-likeness (QED) is 0.649. The van der Waals surface area contributed by atoms with Crippen LogP contribution >= 0.6 is 10.8 Å². The lowest BCUT2D eigenvalue weighted by molar-refractivity contribution is 0.503. The van der Waals surface area contributed by atoms with Crippen LogP contribution < -0.4 is 0 Å². The molecule has 1 rings (SSSR count). The van der Waals surface area contributed by atoms with Gasteiger partial charge in [0.2, 0.25) is 0 Å². The maximum Gasteiger partial charge on any atom is 0.319 e. The molecule has 0 aliphatic rings. The molecule has 0 aliphatic carbocycles. The molecule has 0 unspecified atom stereocenters. The molecule has 1 aromatic rings. The highest BCUT2D eigenvalue weighted by molar-refractivity contribution is 8.69. The minimum Gasteiger partial charge on any atom is -0.277 e. The van der Waals surface area contributed by atoms with E-state index < -0.39 is 9.15 Å². The van der Waals surface area contributed by atoms with E-state index in [0.29, 0.717) is 23.0 Å². The van der Waals surface area contributed by atoms with Gasteiger partial charge in [-0.15, -0.1) is 0 Å². The fourth-order valence-corrected chi connectivity index (χ4v) is 2.69. The molecule has 0 bridgehead atoms. The van der Waals surface area contributed by atoms with Crippen molar-refractivity contribution in [3.63, 3.8) is 0 Å². The van der Waals surface area contributed by atoms with Crippen LogP contribution in [0.1, 0.15) is 17.0 Å². The first kappa shape index (κ1) is 12.5. The van der Waals surface area contributed by atoms with Gasteiger partial charge in [0.15, 0.2) is 0 Å². The first-order valence-electron chi connectivity index (χ1n) is 4.43. The number of nitrogens with zero attached hydrogens (tertiary/aromatic N) is 1. The van der Waals surface area contributed by atoms with Gasteiger partial charge in [0, 0.05) is 17.1 Å². The van der Waals surface area contributed by atoms with Crippen molar-refractivity contribution >= 4 is 19.9 Å². The van der Waals surface area contributed by atoms with Crippen molar-refractivity contribution in [1.29, 1.82) is 0 Å². The van der Waals surface area contributed by atoms with Crippen molar-refractivity contribution < 1.29 is 13.0 Å². The molecule has 84 valence electrons. The first-order chi connectivity index (χ1) is 6.87. The van der Waals surface area contributed by atoms with E-state index in [4.69, 9.17) is 4.55 Å². The van der Waals surface area contributed by atoms with Crippen molar-refractivity contribution in [2.45, 2.75) is 20.3 Å². The normalized spacial score (nSPS) is 11.7. The lowest BCUT2D eigenvalue weighted by atomic mass is 10.2. The molecule has 0 aliphatic heterocycles. The summed E-state index contributed by atoms with van der Waals surface area (Å²) in [5.41, 5.74) is 2.87. The summed E-state index contributed by atoms with van der Waals surface area (Å²) in [5.74, 6) is 0.314. The predicted octanol–water partition coefficient (Wildman–Crippen LogP) is 1.78. The van der Waals surface area contributed by atoms with Crippen LogP contribution in [0.25, 0.3) is 0 Å². The Morgan fingerprint density at radius 3 is 2.60 bits per heavy atom. The summed E-state index contributed by atoms with van der Waals surface area (Å²) in [4.78, 5) is 4.26. The maximum atomic E-state index is 10.5. The number of pyridine rings is 1. The summed E-state index contributed by atoms with van der Waals surface area (Å²) < 4.78 is 29.4. The Kier molecular flexibility index (Phi) is 4.12. The molecule has 0 saturated heterocycles. The number of hydrogen-bond donors (Lipinski definition) is 1. The molecule has 0 fully saturated rings. The molecule has 15 heavy (non-hydrogen) atoms. The Hall–Kier alpha value is -0.590. The van der Waals surface area contributed by atoms with Gasteiger partial charge in [-0.1, -0.05) is 0 Å². The van der Waals surface area contributed by atoms with Crippen LogP contribution in [0.4, 0.5) is 0 Å². The Morgan fingerprint density at radius 1 is 1.40 bits per heavy atom. The third-order valence-corrected chi connectivity index (χ3v) is 3.80. The van der Waals surface area contributed by atoms with Crippen LogP contribution in [0, 0.1) is 13.8 Å². The Morgan fingerprint density at radius 2 is 2.07 bits per heavy atom. The SMILES string of the molecule is Cc1cc(C)nc(CCSS(=O)(=O)O)c1. The average molecular weight is 247 g/mol. The topological polar surface area (TPSA) is 67.3 Å².